The number of H-pyrrole nitrogens is 1. The predicted molar refractivity (Wildman–Crippen MR) is 143 cm³/mol. The molecule has 0 amide bonds. The number of pyridine rings is 1. The van der Waals surface area contributed by atoms with Crippen molar-refractivity contribution in [1.29, 1.82) is 0 Å². The molecule has 1 aliphatic carbocycles. The average molecular weight is 497 g/mol. The number of aromatic amines is 1. The van der Waals surface area contributed by atoms with E-state index in [4.69, 9.17) is 14.8 Å². The molecule has 1 aromatic carbocycles. The molecule has 1 saturated heterocycles. The first-order valence-electron chi connectivity index (χ1n) is 12.5. The Bertz CT molecular complexity index is 1570. The van der Waals surface area contributed by atoms with Crippen LogP contribution in [0.25, 0.3) is 43.9 Å². The third-order valence-electron chi connectivity index (χ3n) is 7.30. The summed E-state index contributed by atoms with van der Waals surface area (Å²) in [6, 6.07) is 13.1. The van der Waals surface area contributed by atoms with Crippen LogP contribution in [-0.4, -0.2) is 55.2 Å². The fourth-order valence-corrected chi connectivity index (χ4v) is 6.84. The van der Waals surface area contributed by atoms with Gasteiger partial charge in [0, 0.05) is 76.7 Å². The predicted octanol–water partition coefficient (Wildman–Crippen LogP) is 5.27. The minimum atomic E-state index is 0.271. The van der Waals surface area contributed by atoms with E-state index in [1.807, 2.05) is 35.5 Å². The van der Waals surface area contributed by atoms with Crippen LogP contribution in [0.15, 0.2) is 48.8 Å². The minimum Gasteiger partial charge on any atom is -0.373 e. The molecule has 0 saturated carbocycles. The number of hydrogen-bond donors (Lipinski definition) is 1. The van der Waals surface area contributed by atoms with Crippen molar-refractivity contribution in [2.45, 2.75) is 39.0 Å². The zero-order valence-electron chi connectivity index (χ0n) is 20.7. The lowest BCUT2D eigenvalue weighted by Crippen LogP contribution is -2.44. The first kappa shape index (κ1) is 21.9. The van der Waals surface area contributed by atoms with Crippen molar-refractivity contribution in [2.24, 2.45) is 7.05 Å². The second kappa shape index (κ2) is 8.37. The largest absolute Gasteiger partial charge is 0.373 e. The van der Waals surface area contributed by atoms with Crippen molar-refractivity contribution < 1.29 is 4.74 Å². The van der Waals surface area contributed by atoms with E-state index in [-0.39, 0.29) is 12.2 Å². The number of ether oxygens (including phenoxy) is 1. The van der Waals surface area contributed by atoms with Crippen molar-refractivity contribution in [3.8, 4) is 33.0 Å². The molecule has 4 aromatic heterocycles. The quantitative estimate of drug-likeness (QED) is 0.360. The van der Waals surface area contributed by atoms with Gasteiger partial charge in [-0.05, 0) is 32.0 Å². The molecule has 1 aliphatic heterocycles. The lowest BCUT2D eigenvalue weighted by molar-refractivity contribution is -0.0707. The second-order valence-electron chi connectivity index (χ2n) is 10.1. The van der Waals surface area contributed by atoms with Crippen LogP contribution in [0.5, 0.6) is 0 Å². The van der Waals surface area contributed by atoms with E-state index in [2.05, 4.69) is 65.3 Å². The number of hydrogen-bond acceptors (Lipinski definition) is 6. The van der Waals surface area contributed by atoms with Gasteiger partial charge in [0.1, 0.15) is 0 Å². The van der Waals surface area contributed by atoms with E-state index >= 15 is 0 Å². The number of benzene rings is 1. The Morgan fingerprint density at radius 3 is 2.69 bits per heavy atom. The summed E-state index contributed by atoms with van der Waals surface area (Å²) in [5.74, 6) is 0. The highest BCUT2D eigenvalue weighted by Gasteiger charge is 2.28. The van der Waals surface area contributed by atoms with Gasteiger partial charge >= 0.3 is 0 Å². The molecule has 7 nitrogen and oxygen atoms in total. The van der Waals surface area contributed by atoms with Crippen LogP contribution in [0.1, 0.15) is 30.0 Å². The average Bonchev–Trinajstić information content (AvgIpc) is 3.60. The highest BCUT2D eigenvalue weighted by atomic mass is 32.1. The molecular weight excluding hydrogens is 468 g/mol. The van der Waals surface area contributed by atoms with Crippen LogP contribution >= 0.6 is 11.3 Å². The summed E-state index contributed by atoms with van der Waals surface area (Å²) < 4.78 is 7.77. The Morgan fingerprint density at radius 1 is 1.06 bits per heavy atom. The molecule has 1 fully saturated rings. The monoisotopic (exact) mass is 496 g/mol. The van der Waals surface area contributed by atoms with Crippen LogP contribution in [0.4, 0.5) is 0 Å². The number of nitrogens with zero attached hydrogens (tertiary/aromatic N) is 5. The SMILES string of the molecule is C[C@@H]1CN(Cc2ccc(-c3cc4c(s3)Cc3c(-c5ccc6cnn(C)c6c5)n[nH]c3-4)cn2)C[C@H](C)O1. The lowest BCUT2D eigenvalue weighted by atomic mass is 10.0. The fraction of sp³-hybridized carbons (Fsp3) is 0.321. The molecule has 8 heteroatoms. The van der Waals surface area contributed by atoms with Crippen molar-refractivity contribution in [3.63, 3.8) is 0 Å². The first-order valence-corrected chi connectivity index (χ1v) is 13.3. The molecule has 2 aliphatic rings. The Balaban J connectivity index is 1.12. The van der Waals surface area contributed by atoms with Gasteiger partial charge in [0.2, 0.25) is 0 Å². The molecule has 0 radical (unpaired) electrons. The molecule has 5 heterocycles. The van der Waals surface area contributed by atoms with E-state index in [0.717, 1.165) is 59.6 Å². The highest BCUT2D eigenvalue weighted by molar-refractivity contribution is 7.16. The van der Waals surface area contributed by atoms with Gasteiger partial charge in [-0.25, -0.2) is 0 Å². The number of aromatic nitrogens is 5. The number of rotatable bonds is 4. The van der Waals surface area contributed by atoms with Gasteiger partial charge in [0.05, 0.1) is 41.0 Å². The van der Waals surface area contributed by atoms with Crippen LogP contribution in [0.2, 0.25) is 0 Å². The molecule has 0 bridgehead atoms. The number of nitrogens with one attached hydrogen (secondary N) is 1. The summed E-state index contributed by atoms with van der Waals surface area (Å²) in [5.41, 5.74) is 9.26. The maximum atomic E-state index is 5.86. The fourth-order valence-electron chi connectivity index (χ4n) is 5.67. The third-order valence-corrected chi connectivity index (χ3v) is 8.48. The van der Waals surface area contributed by atoms with Crippen LogP contribution in [0, 0.1) is 0 Å². The van der Waals surface area contributed by atoms with Crippen molar-refractivity contribution in [1.82, 2.24) is 29.9 Å². The number of fused-ring (bicyclic) bond motifs is 4. The summed E-state index contributed by atoms with van der Waals surface area (Å²) >= 11 is 1.86. The van der Waals surface area contributed by atoms with Gasteiger partial charge in [0.15, 0.2) is 0 Å². The van der Waals surface area contributed by atoms with E-state index in [1.54, 1.807) is 0 Å². The highest BCUT2D eigenvalue weighted by Crippen LogP contribution is 2.46. The van der Waals surface area contributed by atoms with Gasteiger partial charge in [-0.2, -0.15) is 10.2 Å². The molecule has 0 spiro atoms. The summed E-state index contributed by atoms with van der Waals surface area (Å²) in [5, 5.41) is 13.6. The maximum absolute atomic E-state index is 5.86. The minimum absolute atomic E-state index is 0.271. The molecule has 1 N–H and O–H groups in total. The van der Waals surface area contributed by atoms with Gasteiger partial charge in [0.25, 0.3) is 0 Å². The van der Waals surface area contributed by atoms with E-state index in [1.165, 1.54) is 26.4 Å². The molecule has 0 unspecified atom stereocenters. The number of aryl methyl sites for hydroxylation is 1. The lowest BCUT2D eigenvalue weighted by Gasteiger charge is -2.35. The topological polar surface area (TPSA) is 71.9 Å². The summed E-state index contributed by atoms with van der Waals surface area (Å²) in [6.45, 7) is 7.06. The summed E-state index contributed by atoms with van der Waals surface area (Å²) in [4.78, 5) is 9.87. The smallest absolute Gasteiger partial charge is 0.0963 e. The van der Waals surface area contributed by atoms with Crippen molar-refractivity contribution in [2.75, 3.05) is 13.1 Å². The van der Waals surface area contributed by atoms with Gasteiger partial charge < -0.3 is 4.74 Å². The third kappa shape index (κ3) is 3.68. The van der Waals surface area contributed by atoms with Gasteiger partial charge in [-0.15, -0.1) is 11.3 Å². The first-order chi connectivity index (χ1) is 17.5. The Labute approximate surface area is 213 Å². The molecular formula is C28H28N6OS. The van der Waals surface area contributed by atoms with Crippen LogP contribution in [-0.2, 0) is 24.8 Å². The molecule has 182 valence electrons. The molecule has 2 atom stereocenters. The Kier molecular flexibility index (Phi) is 5.09. The van der Waals surface area contributed by atoms with Gasteiger partial charge in [-0.3, -0.25) is 19.7 Å². The van der Waals surface area contributed by atoms with Crippen LogP contribution < -0.4 is 0 Å². The zero-order valence-corrected chi connectivity index (χ0v) is 21.5. The maximum Gasteiger partial charge on any atom is 0.0963 e. The standard InChI is InChI=1S/C28H28N6OS/c1-16-13-34(14-17(2)35-16)15-21-7-6-20(11-29-21)25-9-22-26(36-25)10-23-27(31-32-28(22)23)18-4-5-19-12-30-33(3)24(19)8-18/h4-9,11-12,16-17H,10,13-15H2,1-3H3,(H,31,32)/t16-,17+. The Hall–Kier alpha value is -3.33. The summed E-state index contributed by atoms with van der Waals surface area (Å²) in [7, 11) is 1.98. The molecule has 36 heavy (non-hydrogen) atoms. The summed E-state index contributed by atoms with van der Waals surface area (Å²) in [6.07, 6.45) is 5.37. The van der Waals surface area contributed by atoms with E-state index in [9.17, 15) is 0 Å². The molecule has 5 aromatic rings. The van der Waals surface area contributed by atoms with Crippen molar-refractivity contribution >= 4 is 22.2 Å². The van der Waals surface area contributed by atoms with Gasteiger partial charge in [-0.1, -0.05) is 18.2 Å². The molecule has 7 rings (SSSR count). The van der Waals surface area contributed by atoms with Crippen molar-refractivity contribution in [3.05, 3.63) is 64.9 Å². The van der Waals surface area contributed by atoms with E-state index in [0.29, 0.717) is 0 Å². The Morgan fingerprint density at radius 2 is 1.89 bits per heavy atom. The second-order valence-corrected chi connectivity index (χ2v) is 11.2. The zero-order chi connectivity index (χ0) is 24.4. The number of thiophene rings is 1. The van der Waals surface area contributed by atoms with Crippen LogP contribution in [0.3, 0.4) is 0 Å². The normalized spacial score (nSPS) is 19.6. The number of morpholine rings is 1. The van der Waals surface area contributed by atoms with E-state index < -0.39 is 0 Å².